The molecule has 1 amide bonds. The summed E-state index contributed by atoms with van der Waals surface area (Å²) in [7, 11) is 0. The summed E-state index contributed by atoms with van der Waals surface area (Å²) < 4.78 is 0. The van der Waals surface area contributed by atoms with Gasteiger partial charge in [0.2, 0.25) is 5.91 Å². The van der Waals surface area contributed by atoms with E-state index in [4.69, 9.17) is 11.5 Å². The molecule has 0 spiro atoms. The van der Waals surface area contributed by atoms with Gasteiger partial charge in [-0.15, -0.1) is 0 Å². The molecule has 5 nitrogen and oxygen atoms in total. The van der Waals surface area contributed by atoms with Crippen molar-refractivity contribution >= 4 is 17.7 Å². The fourth-order valence-corrected chi connectivity index (χ4v) is 2.55. The van der Waals surface area contributed by atoms with Gasteiger partial charge in [-0.05, 0) is 24.8 Å². The highest BCUT2D eigenvalue weighted by atomic mass is 32.2. The van der Waals surface area contributed by atoms with E-state index in [-0.39, 0.29) is 5.92 Å². The van der Waals surface area contributed by atoms with Crippen LogP contribution in [0.2, 0.25) is 0 Å². The fraction of sp³-hybridized carbons (Fsp3) is 0.500. The van der Waals surface area contributed by atoms with Crippen molar-refractivity contribution in [2.45, 2.75) is 23.5 Å². The van der Waals surface area contributed by atoms with E-state index in [0.29, 0.717) is 10.9 Å². The molecule has 1 aliphatic rings. The van der Waals surface area contributed by atoms with E-state index in [2.05, 4.69) is 9.97 Å². The van der Waals surface area contributed by atoms with Gasteiger partial charge < -0.3 is 11.5 Å². The molecule has 0 bridgehead atoms. The highest BCUT2D eigenvalue weighted by Crippen LogP contribution is 2.40. The van der Waals surface area contributed by atoms with E-state index < -0.39 is 11.4 Å². The van der Waals surface area contributed by atoms with Crippen molar-refractivity contribution in [3.05, 3.63) is 18.5 Å². The SMILES string of the molecule is NC(=O)C(N)(CSc1ncccn1)C1CC1. The van der Waals surface area contributed by atoms with Gasteiger partial charge >= 0.3 is 0 Å². The Kier molecular flexibility index (Phi) is 3.11. The van der Waals surface area contributed by atoms with Gasteiger partial charge in [0.1, 0.15) is 5.54 Å². The number of rotatable bonds is 5. The number of thioether (sulfide) groups is 1. The molecule has 2 rings (SSSR count). The average Bonchev–Trinajstić information content (AvgIpc) is 3.11. The van der Waals surface area contributed by atoms with E-state index in [0.717, 1.165) is 12.8 Å². The van der Waals surface area contributed by atoms with Gasteiger partial charge in [0.25, 0.3) is 0 Å². The van der Waals surface area contributed by atoms with Crippen LogP contribution in [0.4, 0.5) is 0 Å². The summed E-state index contributed by atoms with van der Waals surface area (Å²) in [4.78, 5) is 19.5. The van der Waals surface area contributed by atoms with Crippen LogP contribution in [0.5, 0.6) is 0 Å². The van der Waals surface area contributed by atoms with Crippen LogP contribution in [-0.4, -0.2) is 27.2 Å². The molecule has 1 saturated carbocycles. The third-order valence-electron chi connectivity index (χ3n) is 2.75. The van der Waals surface area contributed by atoms with Gasteiger partial charge in [0.05, 0.1) is 0 Å². The summed E-state index contributed by atoms with van der Waals surface area (Å²) >= 11 is 1.38. The Labute approximate surface area is 98.0 Å². The summed E-state index contributed by atoms with van der Waals surface area (Å²) in [6, 6.07) is 1.74. The first-order valence-corrected chi connectivity index (χ1v) is 6.10. The summed E-state index contributed by atoms with van der Waals surface area (Å²) in [6.45, 7) is 0. The number of amides is 1. The Hall–Kier alpha value is -1.14. The number of hydrogen-bond donors (Lipinski definition) is 2. The van der Waals surface area contributed by atoms with Gasteiger partial charge in [0, 0.05) is 18.1 Å². The van der Waals surface area contributed by atoms with Crippen LogP contribution in [0.1, 0.15) is 12.8 Å². The molecule has 86 valence electrons. The lowest BCUT2D eigenvalue weighted by Crippen LogP contribution is -2.56. The maximum absolute atomic E-state index is 11.4. The number of primary amides is 1. The molecule has 1 aromatic rings. The second kappa shape index (κ2) is 4.39. The molecule has 0 aromatic carbocycles. The van der Waals surface area contributed by atoms with E-state index in [1.807, 2.05) is 0 Å². The van der Waals surface area contributed by atoms with E-state index in [1.165, 1.54) is 11.8 Å². The first-order chi connectivity index (χ1) is 7.63. The van der Waals surface area contributed by atoms with E-state index >= 15 is 0 Å². The largest absolute Gasteiger partial charge is 0.368 e. The summed E-state index contributed by atoms with van der Waals surface area (Å²) in [5.41, 5.74) is 10.5. The van der Waals surface area contributed by atoms with E-state index in [9.17, 15) is 4.79 Å². The minimum atomic E-state index is -0.913. The van der Waals surface area contributed by atoms with Crippen LogP contribution in [0.15, 0.2) is 23.6 Å². The molecule has 16 heavy (non-hydrogen) atoms. The monoisotopic (exact) mass is 238 g/mol. The van der Waals surface area contributed by atoms with Crippen molar-refractivity contribution in [2.24, 2.45) is 17.4 Å². The lowest BCUT2D eigenvalue weighted by molar-refractivity contribution is -0.123. The van der Waals surface area contributed by atoms with Gasteiger partial charge in [-0.2, -0.15) is 0 Å². The maximum atomic E-state index is 11.4. The molecule has 0 saturated heterocycles. The predicted molar refractivity (Wildman–Crippen MR) is 61.6 cm³/mol. The van der Waals surface area contributed by atoms with Crippen LogP contribution in [0.3, 0.4) is 0 Å². The van der Waals surface area contributed by atoms with Crippen molar-refractivity contribution in [1.82, 2.24) is 9.97 Å². The molecular formula is C10H14N4OS. The molecule has 6 heteroatoms. The van der Waals surface area contributed by atoms with Crippen LogP contribution in [0, 0.1) is 5.92 Å². The fourth-order valence-electron chi connectivity index (χ4n) is 1.53. The maximum Gasteiger partial charge on any atom is 0.238 e. The summed E-state index contributed by atoms with van der Waals surface area (Å²) in [5, 5.41) is 0.624. The van der Waals surface area contributed by atoms with Crippen molar-refractivity contribution < 1.29 is 4.79 Å². The predicted octanol–water partition coefficient (Wildman–Crippen LogP) is 0.161. The van der Waals surface area contributed by atoms with Gasteiger partial charge in [-0.3, -0.25) is 4.79 Å². The Morgan fingerprint density at radius 2 is 2.12 bits per heavy atom. The van der Waals surface area contributed by atoms with Crippen LogP contribution >= 0.6 is 11.8 Å². The van der Waals surface area contributed by atoms with Crippen LogP contribution < -0.4 is 11.5 Å². The number of carbonyl (C=O) groups is 1. The molecule has 1 unspecified atom stereocenters. The number of nitrogens with two attached hydrogens (primary N) is 2. The van der Waals surface area contributed by atoms with Gasteiger partial charge in [-0.1, -0.05) is 11.8 Å². The quantitative estimate of drug-likeness (QED) is 0.563. The van der Waals surface area contributed by atoms with Gasteiger partial charge in [-0.25, -0.2) is 9.97 Å². The lowest BCUT2D eigenvalue weighted by atomic mass is 9.96. The number of nitrogens with zero attached hydrogens (tertiary/aromatic N) is 2. The third-order valence-corrected chi connectivity index (χ3v) is 3.84. The Balaban J connectivity index is 2.00. The first kappa shape index (κ1) is 11.3. The van der Waals surface area contributed by atoms with Crippen molar-refractivity contribution in [3.8, 4) is 0 Å². The summed E-state index contributed by atoms with van der Waals surface area (Å²) in [5.74, 6) is 0.233. The van der Waals surface area contributed by atoms with Gasteiger partial charge in [0.15, 0.2) is 5.16 Å². The molecule has 0 aliphatic heterocycles. The molecule has 1 heterocycles. The topological polar surface area (TPSA) is 94.9 Å². The number of hydrogen-bond acceptors (Lipinski definition) is 5. The third kappa shape index (κ3) is 2.33. The lowest BCUT2D eigenvalue weighted by Gasteiger charge is -2.24. The van der Waals surface area contributed by atoms with Crippen LogP contribution in [-0.2, 0) is 4.79 Å². The van der Waals surface area contributed by atoms with Crippen LogP contribution in [0.25, 0.3) is 0 Å². The first-order valence-electron chi connectivity index (χ1n) is 5.11. The van der Waals surface area contributed by atoms with Crippen molar-refractivity contribution in [3.63, 3.8) is 0 Å². The normalized spacial score (nSPS) is 19.1. The van der Waals surface area contributed by atoms with Crippen molar-refractivity contribution in [1.29, 1.82) is 0 Å². The number of carbonyl (C=O) groups excluding carboxylic acids is 1. The second-order valence-corrected chi connectivity index (χ2v) is 4.94. The van der Waals surface area contributed by atoms with Crippen molar-refractivity contribution in [2.75, 3.05) is 5.75 Å². The standard InChI is InChI=1S/C10H14N4OS/c11-8(15)10(12,7-2-3-7)6-16-9-13-4-1-5-14-9/h1,4-5,7H,2-3,6,12H2,(H2,11,15). The molecular weight excluding hydrogens is 224 g/mol. The zero-order chi connectivity index (χ0) is 11.6. The summed E-state index contributed by atoms with van der Waals surface area (Å²) in [6.07, 6.45) is 5.29. The Morgan fingerprint density at radius 1 is 1.50 bits per heavy atom. The molecule has 0 radical (unpaired) electrons. The molecule has 1 atom stereocenters. The second-order valence-electron chi connectivity index (χ2n) is 4.00. The number of aromatic nitrogens is 2. The highest BCUT2D eigenvalue weighted by Gasteiger charge is 2.46. The minimum Gasteiger partial charge on any atom is -0.368 e. The minimum absolute atomic E-state index is 0.223. The molecule has 1 fully saturated rings. The zero-order valence-corrected chi connectivity index (χ0v) is 9.61. The van der Waals surface area contributed by atoms with E-state index in [1.54, 1.807) is 18.5 Å². The Morgan fingerprint density at radius 3 is 2.62 bits per heavy atom. The zero-order valence-electron chi connectivity index (χ0n) is 8.80. The molecule has 4 N–H and O–H groups in total. The molecule has 1 aliphatic carbocycles. The average molecular weight is 238 g/mol. The molecule has 1 aromatic heterocycles. The smallest absolute Gasteiger partial charge is 0.238 e. The highest BCUT2D eigenvalue weighted by molar-refractivity contribution is 7.99. The Bertz CT molecular complexity index is 382.